The molecule has 0 aliphatic carbocycles. The molecular weight excluding hydrogens is 216 g/mol. The van der Waals surface area contributed by atoms with Crippen molar-refractivity contribution in [2.24, 2.45) is 0 Å². The number of amides is 2. The summed E-state index contributed by atoms with van der Waals surface area (Å²) in [6, 6.07) is 0. The van der Waals surface area contributed by atoms with E-state index >= 15 is 0 Å². The van der Waals surface area contributed by atoms with Gasteiger partial charge in [0.1, 0.15) is 0 Å². The Labute approximate surface area is 103 Å². The van der Waals surface area contributed by atoms with Gasteiger partial charge in [0.2, 0.25) is 0 Å². The van der Waals surface area contributed by atoms with Gasteiger partial charge in [-0.15, -0.1) is 6.58 Å². The minimum absolute atomic E-state index is 0.235. The number of nitrogens with one attached hydrogen (secondary N) is 2. The molecule has 0 spiro atoms. The minimum atomic E-state index is -0.288. The van der Waals surface area contributed by atoms with Crippen LogP contribution in [0.3, 0.4) is 0 Å². The van der Waals surface area contributed by atoms with Gasteiger partial charge in [-0.3, -0.25) is 14.9 Å². The van der Waals surface area contributed by atoms with Crippen LogP contribution < -0.4 is 10.6 Å². The van der Waals surface area contributed by atoms with E-state index in [-0.39, 0.29) is 11.8 Å². The second-order valence-electron chi connectivity index (χ2n) is 4.15. The quantitative estimate of drug-likeness (QED) is 0.434. The third kappa shape index (κ3) is 8.39. The van der Waals surface area contributed by atoms with Crippen molar-refractivity contribution >= 4 is 11.8 Å². The van der Waals surface area contributed by atoms with Crippen molar-refractivity contribution in [1.29, 1.82) is 0 Å². The summed E-state index contributed by atoms with van der Waals surface area (Å²) in [7, 11) is 0. The predicted octanol–water partition coefficient (Wildman–Crippen LogP) is 1.54. The summed E-state index contributed by atoms with van der Waals surface area (Å²) >= 11 is 0. The molecule has 1 heterocycles. The van der Waals surface area contributed by atoms with E-state index < -0.39 is 0 Å². The van der Waals surface area contributed by atoms with E-state index in [0.29, 0.717) is 12.0 Å². The summed E-state index contributed by atoms with van der Waals surface area (Å²) in [5, 5.41) is 5.37. The number of hydrogen-bond acceptors (Lipinski definition) is 3. The van der Waals surface area contributed by atoms with E-state index in [1.807, 2.05) is 20.8 Å². The molecule has 17 heavy (non-hydrogen) atoms. The molecule has 96 valence electrons. The second-order valence-corrected chi connectivity index (χ2v) is 4.15. The molecule has 0 bridgehead atoms. The topological polar surface area (TPSA) is 58.2 Å². The van der Waals surface area contributed by atoms with E-state index in [9.17, 15) is 9.59 Å². The molecule has 2 amide bonds. The van der Waals surface area contributed by atoms with Crippen LogP contribution in [0.2, 0.25) is 0 Å². The first-order chi connectivity index (χ1) is 7.97. The molecule has 4 heteroatoms. The van der Waals surface area contributed by atoms with Crippen molar-refractivity contribution in [3.8, 4) is 0 Å². The SMILES string of the molecule is C=C(C)C.CCNCCCC1=CC(=O)NC1=O. The molecule has 0 fully saturated rings. The summed E-state index contributed by atoms with van der Waals surface area (Å²) in [4.78, 5) is 21.8. The van der Waals surface area contributed by atoms with E-state index in [2.05, 4.69) is 17.2 Å². The predicted molar refractivity (Wildman–Crippen MR) is 69.5 cm³/mol. The van der Waals surface area contributed by atoms with Gasteiger partial charge in [0.15, 0.2) is 0 Å². The first-order valence-corrected chi connectivity index (χ1v) is 5.86. The van der Waals surface area contributed by atoms with Gasteiger partial charge in [0, 0.05) is 11.6 Å². The van der Waals surface area contributed by atoms with Crippen molar-refractivity contribution in [2.45, 2.75) is 33.6 Å². The molecule has 4 nitrogen and oxygen atoms in total. The summed E-state index contributed by atoms with van der Waals surface area (Å²) < 4.78 is 0. The molecule has 0 aromatic rings. The lowest BCUT2D eigenvalue weighted by Crippen LogP contribution is -2.22. The molecule has 2 N–H and O–H groups in total. The van der Waals surface area contributed by atoms with Gasteiger partial charge in [-0.2, -0.15) is 0 Å². The number of carbonyl (C=O) groups excluding carboxylic acids is 2. The maximum absolute atomic E-state index is 11.0. The molecule has 1 aliphatic rings. The zero-order chi connectivity index (χ0) is 13.3. The van der Waals surface area contributed by atoms with Gasteiger partial charge in [-0.05, 0) is 39.8 Å². The zero-order valence-corrected chi connectivity index (χ0v) is 10.9. The number of carbonyl (C=O) groups is 2. The molecular formula is C13H22N2O2. The Kier molecular flexibility index (Phi) is 7.97. The van der Waals surface area contributed by atoms with Gasteiger partial charge in [-0.25, -0.2) is 0 Å². The maximum Gasteiger partial charge on any atom is 0.254 e. The lowest BCUT2D eigenvalue weighted by Gasteiger charge is -2.00. The first-order valence-electron chi connectivity index (χ1n) is 5.86. The largest absolute Gasteiger partial charge is 0.317 e. The van der Waals surface area contributed by atoms with Crippen LogP contribution in [0.25, 0.3) is 0 Å². The average Bonchev–Trinajstić information content (AvgIpc) is 2.51. The third-order valence-corrected chi connectivity index (χ3v) is 1.88. The average molecular weight is 238 g/mol. The van der Waals surface area contributed by atoms with Gasteiger partial charge >= 0.3 is 0 Å². The van der Waals surface area contributed by atoms with Crippen LogP contribution in [0.4, 0.5) is 0 Å². The first kappa shape index (κ1) is 15.6. The monoisotopic (exact) mass is 238 g/mol. The zero-order valence-electron chi connectivity index (χ0n) is 10.9. The Bertz CT molecular complexity index is 315. The molecule has 1 aliphatic heterocycles. The highest BCUT2D eigenvalue weighted by Crippen LogP contribution is 2.08. The van der Waals surface area contributed by atoms with E-state index in [1.165, 1.54) is 11.6 Å². The van der Waals surface area contributed by atoms with Crippen LogP contribution in [0, 0.1) is 0 Å². The van der Waals surface area contributed by atoms with Crippen molar-refractivity contribution in [2.75, 3.05) is 13.1 Å². The Morgan fingerprint density at radius 3 is 2.41 bits per heavy atom. The molecule has 0 radical (unpaired) electrons. The highest BCUT2D eigenvalue weighted by Gasteiger charge is 2.19. The Morgan fingerprint density at radius 2 is 2.00 bits per heavy atom. The summed E-state index contributed by atoms with van der Waals surface area (Å²) in [5.41, 5.74) is 1.77. The van der Waals surface area contributed by atoms with Crippen molar-refractivity contribution in [1.82, 2.24) is 10.6 Å². The normalized spacial score (nSPS) is 13.7. The van der Waals surface area contributed by atoms with Gasteiger partial charge < -0.3 is 5.32 Å². The molecule has 1 rings (SSSR count). The molecule has 0 saturated carbocycles. The lowest BCUT2D eigenvalue weighted by atomic mass is 10.1. The van der Waals surface area contributed by atoms with Crippen LogP contribution in [-0.4, -0.2) is 24.9 Å². The Balaban J connectivity index is 0.000000557. The Morgan fingerprint density at radius 1 is 1.41 bits per heavy atom. The fourth-order valence-electron chi connectivity index (χ4n) is 1.22. The van der Waals surface area contributed by atoms with Crippen LogP contribution in [0.1, 0.15) is 33.6 Å². The van der Waals surface area contributed by atoms with E-state index in [1.54, 1.807) is 0 Å². The lowest BCUT2D eigenvalue weighted by molar-refractivity contribution is -0.123. The molecule has 0 unspecified atom stereocenters. The van der Waals surface area contributed by atoms with Gasteiger partial charge in [0.05, 0.1) is 0 Å². The van der Waals surface area contributed by atoms with Crippen LogP contribution in [-0.2, 0) is 9.59 Å². The van der Waals surface area contributed by atoms with E-state index in [0.717, 1.165) is 19.5 Å². The van der Waals surface area contributed by atoms with Crippen molar-refractivity contribution < 1.29 is 9.59 Å². The van der Waals surface area contributed by atoms with Crippen LogP contribution >= 0.6 is 0 Å². The van der Waals surface area contributed by atoms with Crippen molar-refractivity contribution in [3.63, 3.8) is 0 Å². The fraction of sp³-hybridized carbons (Fsp3) is 0.538. The van der Waals surface area contributed by atoms with Gasteiger partial charge in [-0.1, -0.05) is 12.5 Å². The smallest absolute Gasteiger partial charge is 0.254 e. The summed E-state index contributed by atoms with van der Waals surface area (Å²) in [6.07, 6.45) is 2.94. The second kappa shape index (κ2) is 8.70. The number of hydrogen-bond donors (Lipinski definition) is 2. The number of rotatable bonds is 5. The third-order valence-electron chi connectivity index (χ3n) is 1.88. The van der Waals surface area contributed by atoms with E-state index in [4.69, 9.17) is 0 Å². The highest BCUT2D eigenvalue weighted by molar-refractivity contribution is 6.16. The van der Waals surface area contributed by atoms with Crippen molar-refractivity contribution in [3.05, 3.63) is 23.8 Å². The fourth-order valence-corrected chi connectivity index (χ4v) is 1.22. The maximum atomic E-state index is 11.0. The Hall–Kier alpha value is -1.42. The molecule has 0 aromatic heterocycles. The molecule has 0 saturated heterocycles. The number of allylic oxidation sites excluding steroid dienone is 1. The highest BCUT2D eigenvalue weighted by atomic mass is 16.2. The number of imide groups is 1. The standard InChI is InChI=1S/C9H14N2O2.C4H8/c1-2-10-5-3-4-7-6-8(12)11-9(7)13;1-4(2)3/h6,10H,2-5H2,1H3,(H,11,12,13);1H2,2-3H3. The van der Waals surface area contributed by atoms with Crippen LogP contribution in [0.15, 0.2) is 23.8 Å². The van der Waals surface area contributed by atoms with Gasteiger partial charge in [0.25, 0.3) is 11.8 Å². The molecule has 0 aromatic carbocycles. The van der Waals surface area contributed by atoms with Crippen LogP contribution in [0.5, 0.6) is 0 Å². The molecule has 0 atom stereocenters. The summed E-state index contributed by atoms with van der Waals surface area (Å²) in [6.45, 7) is 11.4. The summed E-state index contributed by atoms with van der Waals surface area (Å²) in [5.74, 6) is -0.523. The minimum Gasteiger partial charge on any atom is -0.317 e.